The number of nitrogens with two attached hydrogens (primary N) is 1. The van der Waals surface area contributed by atoms with Gasteiger partial charge in [0, 0.05) is 12.1 Å². The first-order chi connectivity index (χ1) is 9.91. The van der Waals surface area contributed by atoms with Gasteiger partial charge in [-0.05, 0) is 44.9 Å². The topological polar surface area (TPSA) is 73.6 Å². The zero-order valence-corrected chi connectivity index (χ0v) is 13.4. The van der Waals surface area contributed by atoms with Gasteiger partial charge in [-0.1, -0.05) is 13.0 Å². The Bertz CT molecular complexity index is 473. The number of benzene rings is 1. The Morgan fingerprint density at radius 2 is 1.95 bits per heavy atom. The van der Waals surface area contributed by atoms with Crippen molar-refractivity contribution < 1.29 is 14.3 Å². The molecule has 0 spiro atoms. The number of amides is 1. The number of carbonyl (C=O) groups excluding carboxylic acids is 1. The highest BCUT2D eigenvalue weighted by Crippen LogP contribution is 2.28. The maximum Gasteiger partial charge on any atom is 0.258 e. The molecule has 1 rings (SSSR count). The lowest BCUT2D eigenvalue weighted by Crippen LogP contribution is -2.44. The highest BCUT2D eigenvalue weighted by Gasteiger charge is 2.18. The lowest BCUT2D eigenvalue weighted by Gasteiger charge is -2.24. The molecule has 0 saturated heterocycles. The van der Waals surface area contributed by atoms with Gasteiger partial charge in [0.15, 0.2) is 18.1 Å². The molecule has 0 aromatic heterocycles. The third-order valence-corrected chi connectivity index (χ3v) is 3.26. The van der Waals surface area contributed by atoms with E-state index in [-0.39, 0.29) is 18.1 Å². The van der Waals surface area contributed by atoms with Gasteiger partial charge in [0.25, 0.3) is 5.91 Å². The molecule has 0 atom stereocenters. The van der Waals surface area contributed by atoms with Crippen LogP contribution in [0.1, 0.15) is 39.7 Å². The maximum absolute atomic E-state index is 11.9. The summed E-state index contributed by atoms with van der Waals surface area (Å²) < 4.78 is 11.1. The smallest absolute Gasteiger partial charge is 0.258 e. The van der Waals surface area contributed by atoms with E-state index in [0.717, 1.165) is 12.0 Å². The van der Waals surface area contributed by atoms with Crippen LogP contribution in [0.2, 0.25) is 0 Å². The van der Waals surface area contributed by atoms with Crippen LogP contribution in [0.4, 0.5) is 0 Å². The molecule has 3 N–H and O–H groups in total. The van der Waals surface area contributed by atoms with Crippen molar-refractivity contribution in [3.05, 3.63) is 23.8 Å². The molecule has 0 aliphatic heterocycles. The van der Waals surface area contributed by atoms with Crippen LogP contribution in [0.15, 0.2) is 18.2 Å². The molecule has 0 heterocycles. The van der Waals surface area contributed by atoms with Gasteiger partial charge in [0.1, 0.15) is 0 Å². The fraction of sp³-hybridized carbons (Fsp3) is 0.562. The Morgan fingerprint density at radius 3 is 2.52 bits per heavy atom. The van der Waals surface area contributed by atoms with Crippen LogP contribution in [0.25, 0.3) is 0 Å². The van der Waals surface area contributed by atoms with Crippen molar-refractivity contribution in [3.63, 3.8) is 0 Å². The first-order valence-corrected chi connectivity index (χ1v) is 7.31. The van der Waals surface area contributed by atoms with Gasteiger partial charge in [0.2, 0.25) is 0 Å². The average molecular weight is 294 g/mol. The molecule has 0 bridgehead atoms. The van der Waals surface area contributed by atoms with Crippen molar-refractivity contribution in [2.75, 3.05) is 13.2 Å². The molecule has 0 saturated carbocycles. The van der Waals surface area contributed by atoms with E-state index in [1.54, 1.807) is 6.07 Å². The van der Waals surface area contributed by atoms with Crippen LogP contribution in [0.3, 0.4) is 0 Å². The summed E-state index contributed by atoms with van der Waals surface area (Å²) in [5, 5.41) is 2.93. The molecule has 21 heavy (non-hydrogen) atoms. The van der Waals surface area contributed by atoms with E-state index >= 15 is 0 Å². The Labute approximate surface area is 126 Å². The van der Waals surface area contributed by atoms with E-state index in [2.05, 4.69) is 5.32 Å². The predicted octanol–water partition coefficient (Wildman–Crippen LogP) is 2.23. The van der Waals surface area contributed by atoms with Gasteiger partial charge in [-0.15, -0.1) is 0 Å². The lowest BCUT2D eigenvalue weighted by atomic mass is 10.0. The summed E-state index contributed by atoms with van der Waals surface area (Å²) in [6, 6.07) is 5.49. The van der Waals surface area contributed by atoms with Gasteiger partial charge in [-0.2, -0.15) is 0 Å². The minimum absolute atomic E-state index is 0.0362. The minimum atomic E-state index is -0.230. The molecule has 0 fully saturated rings. The molecule has 0 aliphatic rings. The molecule has 5 heteroatoms. The molecule has 0 radical (unpaired) electrons. The summed E-state index contributed by atoms with van der Waals surface area (Å²) in [6.07, 6.45) is 0.855. The quantitative estimate of drug-likeness (QED) is 0.771. The molecule has 118 valence electrons. The van der Waals surface area contributed by atoms with Crippen molar-refractivity contribution >= 4 is 5.91 Å². The first kappa shape index (κ1) is 17.3. The zero-order valence-electron chi connectivity index (χ0n) is 13.4. The lowest BCUT2D eigenvalue weighted by molar-refractivity contribution is -0.124. The molecule has 1 aromatic rings. The summed E-state index contributed by atoms with van der Waals surface area (Å²) in [6.45, 7) is 8.81. The fourth-order valence-electron chi connectivity index (χ4n) is 1.71. The molecule has 5 nitrogen and oxygen atoms in total. The van der Waals surface area contributed by atoms with E-state index in [0.29, 0.717) is 24.7 Å². The average Bonchev–Trinajstić information content (AvgIpc) is 2.45. The number of ether oxygens (including phenoxy) is 2. The van der Waals surface area contributed by atoms with Crippen LogP contribution in [-0.2, 0) is 11.3 Å². The number of nitrogens with one attached hydrogen (secondary N) is 1. The zero-order chi connectivity index (χ0) is 15.9. The van der Waals surface area contributed by atoms with Crippen molar-refractivity contribution in [2.45, 2.75) is 46.2 Å². The minimum Gasteiger partial charge on any atom is -0.490 e. The maximum atomic E-state index is 11.9. The van der Waals surface area contributed by atoms with Crippen LogP contribution in [0.5, 0.6) is 11.5 Å². The third kappa shape index (κ3) is 5.63. The Kier molecular flexibility index (Phi) is 6.49. The summed E-state index contributed by atoms with van der Waals surface area (Å²) in [5.41, 5.74) is 6.34. The van der Waals surface area contributed by atoms with Gasteiger partial charge >= 0.3 is 0 Å². The van der Waals surface area contributed by atoms with Gasteiger partial charge < -0.3 is 20.5 Å². The second-order valence-corrected chi connectivity index (χ2v) is 5.49. The van der Waals surface area contributed by atoms with E-state index < -0.39 is 0 Å². The Morgan fingerprint density at radius 1 is 1.24 bits per heavy atom. The number of hydrogen-bond donors (Lipinski definition) is 2. The molecule has 0 unspecified atom stereocenters. The first-order valence-electron chi connectivity index (χ1n) is 7.31. The molecular formula is C16H26N2O3. The van der Waals surface area contributed by atoms with E-state index in [4.69, 9.17) is 15.2 Å². The molecule has 1 aromatic carbocycles. The monoisotopic (exact) mass is 294 g/mol. The van der Waals surface area contributed by atoms with Crippen molar-refractivity contribution in [2.24, 2.45) is 5.73 Å². The highest BCUT2D eigenvalue weighted by atomic mass is 16.5. The largest absolute Gasteiger partial charge is 0.490 e. The fourth-order valence-corrected chi connectivity index (χ4v) is 1.71. The van der Waals surface area contributed by atoms with Crippen LogP contribution in [0, 0.1) is 0 Å². The molecular weight excluding hydrogens is 268 g/mol. The second-order valence-electron chi connectivity index (χ2n) is 5.49. The predicted molar refractivity (Wildman–Crippen MR) is 83.5 cm³/mol. The highest BCUT2D eigenvalue weighted by molar-refractivity contribution is 5.78. The van der Waals surface area contributed by atoms with Gasteiger partial charge in [-0.25, -0.2) is 0 Å². The summed E-state index contributed by atoms with van der Waals surface area (Å²) in [4.78, 5) is 11.9. The van der Waals surface area contributed by atoms with E-state index in [1.165, 1.54) is 0 Å². The summed E-state index contributed by atoms with van der Waals surface area (Å²) >= 11 is 0. The van der Waals surface area contributed by atoms with E-state index in [9.17, 15) is 4.79 Å². The Balaban J connectivity index is 2.68. The van der Waals surface area contributed by atoms with Crippen molar-refractivity contribution in [3.8, 4) is 11.5 Å². The van der Waals surface area contributed by atoms with E-state index in [1.807, 2.05) is 39.8 Å². The van der Waals surface area contributed by atoms with Crippen LogP contribution < -0.4 is 20.5 Å². The normalized spacial score (nSPS) is 11.1. The molecule has 1 amide bonds. The Hall–Kier alpha value is -1.75. The van der Waals surface area contributed by atoms with Crippen LogP contribution >= 0.6 is 0 Å². The summed E-state index contributed by atoms with van der Waals surface area (Å²) in [7, 11) is 0. The summed E-state index contributed by atoms with van der Waals surface area (Å²) in [5.74, 6) is 1.02. The van der Waals surface area contributed by atoms with Gasteiger partial charge in [-0.3, -0.25) is 4.79 Å². The number of carbonyl (C=O) groups is 1. The van der Waals surface area contributed by atoms with Crippen LogP contribution in [-0.4, -0.2) is 24.7 Å². The molecule has 0 aliphatic carbocycles. The number of rotatable bonds is 8. The third-order valence-electron chi connectivity index (χ3n) is 3.26. The van der Waals surface area contributed by atoms with Crippen molar-refractivity contribution in [1.82, 2.24) is 5.32 Å². The van der Waals surface area contributed by atoms with Crippen molar-refractivity contribution in [1.29, 1.82) is 0 Å². The van der Waals surface area contributed by atoms with Gasteiger partial charge in [0.05, 0.1) is 6.61 Å². The second kappa shape index (κ2) is 7.88. The number of hydrogen-bond acceptors (Lipinski definition) is 4. The standard InChI is InChI=1S/C16H26N2O3/c1-5-16(3,4)18-15(19)11-21-13-8-7-12(10-17)9-14(13)20-6-2/h7-9H,5-6,10-11,17H2,1-4H3,(H,18,19). The SMILES string of the molecule is CCOc1cc(CN)ccc1OCC(=O)NC(C)(C)CC.